The minimum atomic E-state index is -0.699. The average molecular weight is 288 g/mol. The summed E-state index contributed by atoms with van der Waals surface area (Å²) in [5.74, 6) is 0. The first-order valence-electron chi connectivity index (χ1n) is 6.63. The highest BCUT2D eigenvalue weighted by atomic mass is 16.6. The van der Waals surface area contributed by atoms with Gasteiger partial charge in [-0.05, 0) is 17.5 Å². The minimum Gasteiger partial charge on any atom is -0.371 e. The molecule has 2 rings (SSSR count). The normalized spacial score (nSPS) is 10.5. The highest BCUT2D eigenvalue weighted by Crippen LogP contribution is 2.13. The molecule has 0 atom stereocenters. The maximum atomic E-state index is 11.6. The molecule has 0 aliphatic heterocycles. The van der Waals surface area contributed by atoms with E-state index >= 15 is 0 Å². The Morgan fingerprint density at radius 1 is 1.24 bits per heavy atom. The van der Waals surface area contributed by atoms with Crippen LogP contribution in [0.2, 0.25) is 0 Å². The highest BCUT2D eigenvalue weighted by molar-refractivity contribution is 5.34. The Kier molecular flexibility index (Phi) is 4.84. The first-order valence-corrected chi connectivity index (χ1v) is 6.63. The van der Waals surface area contributed by atoms with E-state index in [9.17, 15) is 14.9 Å². The number of aromatic nitrogens is 1. The summed E-state index contributed by atoms with van der Waals surface area (Å²) >= 11 is 0. The predicted molar refractivity (Wildman–Crippen MR) is 78.0 cm³/mol. The molecule has 0 amide bonds. The van der Waals surface area contributed by atoms with E-state index in [0.29, 0.717) is 18.7 Å². The molecule has 0 spiro atoms. The molecule has 110 valence electrons. The summed E-state index contributed by atoms with van der Waals surface area (Å²) in [6, 6.07) is 11.0. The molecule has 1 aromatic heterocycles. The van der Waals surface area contributed by atoms with E-state index in [-0.39, 0.29) is 6.61 Å². The van der Waals surface area contributed by atoms with Crippen LogP contribution in [0.5, 0.6) is 0 Å². The number of H-pyrrole nitrogens is 1. The lowest BCUT2D eigenvalue weighted by Gasteiger charge is -2.08. The van der Waals surface area contributed by atoms with Crippen LogP contribution < -0.4 is 5.56 Å². The predicted octanol–water partition coefficient (Wildman–Crippen LogP) is 2.56. The second-order valence-corrected chi connectivity index (χ2v) is 4.58. The molecule has 1 heterocycles. The molecule has 0 aliphatic rings. The van der Waals surface area contributed by atoms with Crippen LogP contribution in [0, 0.1) is 10.1 Å². The number of benzene rings is 1. The molecule has 6 heteroatoms. The van der Waals surface area contributed by atoms with Crippen molar-refractivity contribution < 1.29 is 9.66 Å². The third-order valence-electron chi connectivity index (χ3n) is 3.13. The molecule has 0 unspecified atom stereocenters. The van der Waals surface area contributed by atoms with E-state index in [0.717, 1.165) is 11.1 Å². The van der Waals surface area contributed by atoms with Crippen molar-refractivity contribution in [2.75, 3.05) is 0 Å². The Hall–Kier alpha value is -2.47. The number of nitrogens with zero attached hydrogens (tertiary/aromatic N) is 1. The zero-order valence-corrected chi connectivity index (χ0v) is 11.7. The Bertz CT molecular complexity index is 680. The molecule has 6 nitrogen and oxygen atoms in total. The van der Waals surface area contributed by atoms with Gasteiger partial charge in [-0.3, -0.25) is 14.9 Å². The van der Waals surface area contributed by atoms with Gasteiger partial charge in [0, 0.05) is 11.8 Å². The van der Waals surface area contributed by atoms with Gasteiger partial charge in [0.05, 0.1) is 18.1 Å². The summed E-state index contributed by atoms with van der Waals surface area (Å²) in [6.07, 6.45) is 0.585. The molecule has 1 N–H and O–H groups in total. The lowest BCUT2D eigenvalue weighted by Crippen LogP contribution is -2.16. The van der Waals surface area contributed by atoms with E-state index in [4.69, 9.17) is 4.74 Å². The Balaban J connectivity index is 2.11. The van der Waals surface area contributed by atoms with Crippen molar-refractivity contribution in [3.8, 4) is 0 Å². The summed E-state index contributed by atoms with van der Waals surface area (Å²) < 4.78 is 5.56. The lowest BCUT2D eigenvalue weighted by atomic mass is 10.1. The summed E-state index contributed by atoms with van der Waals surface area (Å²) in [4.78, 5) is 24.3. The van der Waals surface area contributed by atoms with E-state index in [2.05, 4.69) is 4.98 Å². The second-order valence-electron chi connectivity index (χ2n) is 4.58. The number of ether oxygens (including phenoxy) is 1. The summed E-state index contributed by atoms with van der Waals surface area (Å²) in [5.41, 5.74) is 1.20. The zero-order chi connectivity index (χ0) is 15.2. The van der Waals surface area contributed by atoms with Crippen molar-refractivity contribution in [3.05, 3.63) is 73.7 Å². The van der Waals surface area contributed by atoms with Crippen LogP contribution >= 0.6 is 0 Å². The molecule has 1 aromatic carbocycles. The van der Waals surface area contributed by atoms with E-state index in [1.807, 2.05) is 37.3 Å². The molecule has 0 saturated heterocycles. The summed E-state index contributed by atoms with van der Waals surface area (Å²) in [7, 11) is 0. The fraction of sp³-hybridized carbons (Fsp3) is 0.267. The van der Waals surface area contributed by atoms with Crippen LogP contribution in [0.1, 0.15) is 23.7 Å². The second kappa shape index (κ2) is 6.81. The quantitative estimate of drug-likeness (QED) is 0.654. The van der Waals surface area contributed by atoms with Crippen LogP contribution in [0.4, 0.5) is 5.69 Å². The molecule has 0 bridgehead atoms. The molecule has 0 aliphatic carbocycles. The van der Waals surface area contributed by atoms with Gasteiger partial charge in [-0.1, -0.05) is 37.3 Å². The maximum Gasteiger partial charge on any atom is 0.334 e. The van der Waals surface area contributed by atoms with Gasteiger partial charge in [0.2, 0.25) is 0 Å². The fourth-order valence-corrected chi connectivity index (χ4v) is 2.02. The van der Waals surface area contributed by atoms with Gasteiger partial charge in [-0.15, -0.1) is 0 Å². The van der Waals surface area contributed by atoms with Crippen molar-refractivity contribution in [2.45, 2.75) is 26.6 Å². The van der Waals surface area contributed by atoms with Crippen molar-refractivity contribution in [3.63, 3.8) is 0 Å². The van der Waals surface area contributed by atoms with Crippen molar-refractivity contribution in [1.29, 1.82) is 0 Å². The van der Waals surface area contributed by atoms with Gasteiger partial charge in [0.15, 0.2) is 0 Å². The van der Waals surface area contributed by atoms with Crippen molar-refractivity contribution in [2.24, 2.45) is 0 Å². The van der Waals surface area contributed by atoms with Crippen LogP contribution in [0.15, 0.2) is 41.2 Å². The van der Waals surface area contributed by atoms with Gasteiger partial charge in [-0.2, -0.15) is 0 Å². The topological polar surface area (TPSA) is 85.2 Å². The fourth-order valence-electron chi connectivity index (χ4n) is 2.02. The van der Waals surface area contributed by atoms with E-state index < -0.39 is 16.2 Å². The first-order chi connectivity index (χ1) is 10.1. The third-order valence-corrected chi connectivity index (χ3v) is 3.13. The van der Waals surface area contributed by atoms with Crippen LogP contribution in [-0.2, 0) is 24.4 Å². The SMILES string of the molecule is CCc1cc([N+](=O)[O-])c(=O)[nH]c1COCc1ccccc1. The largest absolute Gasteiger partial charge is 0.371 e. The van der Waals surface area contributed by atoms with Gasteiger partial charge >= 0.3 is 11.2 Å². The number of nitro groups is 1. The number of nitrogens with one attached hydrogen (secondary N) is 1. The molecule has 2 aromatic rings. The number of aromatic amines is 1. The van der Waals surface area contributed by atoms with Gasteiger partial charge < -0.3 is 9.72 Å². The number of hydrogen-bond acceptors (Lipinski definition) is 4. The standard InChI is InChI=1S/C15H16N2O4/c1-2-12-8-14(17(19)20)15(18)16-13(12)10-21-9-11-6-4-3-5-7-11/h3-8H,2,9-10H2,1H3,(H,16,18). The zero-order valence-electron chi connectivity index (χ0n) is 11.7. The summed E-state index contributed by atoms with van der Waals surface area (Å²) in [6.45, 7) is 2.51. The van der Waals surface area contributed by atoms with E-state index in [1.165, 1.54) is 6.07 Å². The first kappa shape index (κ1) is 14.9. The minimum absolute atomic E-state index is 0.214. The lowest BCUT2D eigenvalue weighted by molar-refractivity contribution is -0.386. The monoisotopic (exact) mass is 288 g/mol. The maximum absolute atomic E-state index is 11.6. The molecule has 21 heavy (non-hydrogen) atoms. The number of rotatable bonds is 6. The van der Waals surface area contributed by atoms with Crippen LogP contribution in [0.3, 0.4) is 0 Å². The molecule has 0 radical (unpaired) electrons. The molecular weight excluding hydrogens is 272 g/mol. The van der Waals surface area contributed by atoms with Crippen molar-refractivity contribution >= 4 is 5.69 Å². The Labute approximate surface area is 121 Å². The van der Waals surface area contributed by atoms with Crippen LogP contribution in [0.25, 0.3) is 0 Å². The van der Waals surface area contributed by atoms with Crippen molar-refractivity contribution in [1.82, 2.24) is 4.98 Å². The van der Waals surface area contributed by atoms with Crippen LogP contribution in [-0.4, -0.2) is 9.91 Å². The summed E-state index contributed by atoms with van der Waals surface area (Å²) in [5, 5.41) is 10.8. The molecule has 0 fully saturated rings. The molecular formula is C15H16N2O4. The third kappa shape index (κ3) is 3.76. The Morgan fingerprint density at radius 3 is 2.57 bits per heavy atom. The highest BCUT2D eigenvalue weighted by Gasteiger charge is 2.15. The van der Waals surface area contributed by atoms with Gasteiger partial charge in [-0.25, -0.2) is 0 Å². The van der Waals surface area contributed by atoms with E-state index in [1.54, 1.807) is 0 Å². The number of aryl methyl sites for hydroxylation is 1. The number of pyridine rings is 1. The Morgan fingerprint density at radius 2 is 1.95 bits per heavy atom. The van der Waals surface area contributed by atoms with Gasteiger partial charge in [0.25, 0.3) is 0 Å². The average Bonchev–Trinajstić information content (AvgIpc) is 2.48. The molecule has 0 saturated carbocycles. The smallest absolute Gasteiger partial charge is 0.334 e. The number of hydrogen-bond donors (Lipinski definition) is 1. The van der Waals surface area contributed by atoms with Gasteiger partial charge in [0.1, 0.15) is 0 Å².